The van der Waals surface area contributed by atoms with Crippen LogP contribution in [0.1, 0.15) is 31.4 Å². The van der Waals surface area contributed by atoms with Crippen LogP contribution < -0.4 is 10.1 Å². The van der Waals surface area contributed by atoms with E-state index in [1.807, 2.05) is 0 Å². The molecule has 2 aliphatic rings. The molecule has 1 aromatic carbocycles. The molecular formula is C18H28N2O. The summed E-state index contributed by atoms with van der Waals surface area (Å²) in [6, 6.07) is 7.39. The maximum Gasteiger partial charge on any atom is 0.122 e. The van der Waals surface area contributed by atoms with Crippen molar-refractivity contribution in [3.8, 4) is 5.75 Å². The minimum Gasteiger partial charge on any atom is -0.493 e. The Balaban J connectivity index is 1.52. The van der Waals surface area contributed by atoms with Crippen molar-refractivity contribution < 1.29 is 4.74 Å². The molecule has 1 N–H and O–H groups in total. The van der Waals surface area contributed by atoms with Gasteiger partial charge in [0, 0.05) is 38.6 Å². The van der Waals surface area contributed by atoms with Crippen molar-refractivity contribution in [3.63, 3.8) is 0 Å². The van der Waals surface area contributed by atoms with Crippen LogP contribution in [0.4, 0.5) is 0 Å². The molecule has 3 nitrogen and oxygen atoms in total. The van der Waals surface area contributed by atoms with E-state index in [1.54, 1.807) is 0 Å². The molecule has 2 atom stereocenters. The van der Waals surface area contributed by atoms with Crippen LogP contribution in [0.5, 0.6) is 5.75 Å². The number of rotatable bonds is 5. The minimum atomic E-state index is 0.664. The zero-order valence-corrected chi connectivity index (χ0v) is 13.4. The number of nitrogens with zero attached hydrogens (tertiary/aromatic N) is 1. The van der Waals surface area contributed by atoms with Crippen molar-refractivity contribution in [1.82, 2.24) is 10.2 Å². The Hall–Kier alpha value is -1.06. The first-order valence-electron chi connectivity index (χ1n) is 8.46. The van der Waals surface area contributed by atoms with E-state index in [4.69, 9.17) is 4.74 Å². The number of piperazine rings is 1. The van der Waals surface area contributed by atoms with Gasteiger partial charge in [-0.3, -0.25) is 0 Å². The third kappa shape index (κ3) is 3.58. The minimum absolute atomic E-state index is 0.664. The summed E-state index contributed by atoms with van der Waals surface area (Å²) >= 11 is 0. The summed E-state index contributed by atoms with van der Waals surface area (Å²) in [7, 11) is 0. The Morgan fingerprint density at radius 1 is 1.43 bits per heavy atom. The number of fused-ring (bicyclic) bond motifs is 1. The molecule has 3 heteroatoms. The lowest BCUT2D eigenvalue weighted by atomic mass is 9.97. The van der Waals surface area contributed by atoms with Crippen molar-refractivity contribution in [2.24, 2.45) is 5.92 Å². The van der Waals surface area contributed by atoms with Gasteiger partial charge in [-0.25, -0.2) is 0 Å². The first-order chi connectivity index (χ1) is 10.3. The Bertz CT molecular complexity index is 474. The van der Waals surface area contributed by atoms with Crippen LogP contribution in [0.3, 0.4) is 0 Å². The quantitative estimate of drug-likeness (QED) is 0.901. The van der Waals surface area contributed by atoms with E-state index in [2.05, 4.69) is 42.3 Å². The van der Waals surface area contributed by atoms with Gasteiger partial charge in [-0.15, -0.1) is 0 Å². The number of hydrogen-bond donors (Lipinski definition) is 1. The van der Waals surface area contributed by atoms with E-state index in [-0.39, 0.29) is 0 Å². The van der Waals surface area contributed by atoms with Gasteiger partial charge in [0.05, 0.1) is 6.61 Å². The van der Waals surface area contributed by atoms with Gasteiger partial charge in [-0.05, 0) is 29.5 Å². The second-order valence-electron chi connectivity index (χ2n) is 6.54. The Kier molecular flexibility index (Phi) is 4.81. The van der Waals surface area contributed by atoms with Gasteiger partial charge in [-0.2, -0.15) is 0 Å². The standard InChI is InChI=1S/C18H28N2O/c1-3-14(2)17-13-20(10-8-19-17)9-6-15-4-5-18-16(12-15)7-11-21-18/h4-5,12,14,17,19H,3,6-11,13H2,1-2H3. The molecule has 2 unspecified atom stereocenters. The van der Waals surface area contributed by atoms with Gasteiger partial charge in [0.1, 0.15) is 5.75 Å². The Labute approximate surface area is 128 Å². The van der Waals surface area contributed by atoms with E-state index in [9.17, 15) is 0 Å². The molecule has 0 spiro atoms. The molecule has 116 valence electrons. The van der Waals surface area contributed by atoms with Gasteiger partial charge >= 0.3 is 0 Å². The fourth-order valence-corrected chi connectivity index (χ4v) is 3.39. The van der Waals surface area contributed by atoms with E-state index in [0.29, 0.717) is 6.04 Å². The Morgan fingerprint density at radius 3 is 3.19 bits per heavy atom. The number of ether oxygens (including phenoxy) is 1. The SMILES string of the molecule is CCC(C)C1CN(CCc2ccc3c(c2)CCO3)CCN1. The molecule has 0 saturated carbocycles. The zero-order valence-electron chi connectivity index (χ0n) is 13.4. The normalized spacial score (nSPS) is 23.6. The highest BCUT2D eigenvalue weighted by molar-refractivity contribution is 5.39. The van der Waals surface area contributed by atoms with Crippen LogP contribution in [-0.4, -0.2) is 43.7 Å². The number of hydrogen-bond acceptors (Lipinski definition) is 3. The predicted molar refractivity (Wildman–Crippen MR) is 87.0 cm³/mol. The molecule has 0 aliphatic carbocycles. The lowest BCUT2D eigenvalue weighted by Crippen LogP contribution is -2.53. The van der Waals surface area contributed by atoms with E-state index in [0.717, 1.165) is 37.7 Å². The molecule has 21 heavy (non-hydrogen) atoms. The smallest absolute Gasteiger partial charge is 0.122 e. The summed E-state index contributed by atoms with van der Waals surface area (Å²) in [6.07, 6.45) is 3.49. The van der Waals surface area contributed by atoms with Gasteiger partial charge in [0.15, 0.2) is 0 Å². The van der Waals surface area contributed by atoms with Crippen LogP contribution in [0.2, 0.25) is 0 Å². The molecule has 1 saturated heterocycles. The fourth-order valence-electron chi connectivity index (χ4n) is 3.39. The van der Waals surface area contributed by atoms with Crippen molar-refractivity contribution in [1.29, 1.82) is 0 Å². The molecule has 1 fully saturated rings. The molecular weight excluding hydrogens is 260 g/mol. The molecule has 0 amide bonds. The molecule has 0 radical (unpaired) electrons. The molecule has 1 aromatic rings. The maximum atomic E-state index is 5.58. The van der Waals surface area contributed by atoms with E-state index < -0.39 is 0 Å². The van der Waals surface area contributed by atoms with Gasteiger partial charge in [0.2, 0.25) is 0 Å². The summed E-state index contributed by atoms with van der Waals surface area (Å²) in [5.74, 6) is 1.86. The van der Waals surface area contributed by atoms with Gasteiger partial charge < -0.3 is 15.0 Å². The topological polar surface area (TPSA) is 24.5 Å². The maximum absolute atomic E-state index is 5.58. The van der Waals surface area contributed by atoms with Crippen molar-refractivity contribution >= 4 is 0 Å². The van der Waals surface area contributed by atoms with Crippen LogP contribution in [0.25, 0.3) is 0 Å². The average Bonchev–Trinajstić information content (AvgIpc) is 3.00. The molecule has 2 aliphatic heterocycles. The summed E-state index contributed by atoms with van der Waals surface area (Å²) in [5.41, 5.74) is 2.85. The Morgan fingerprint density at radius 2 is 2.33 bits per heavy atom. The first-order valence-corrected chi connectivity index (χ1v) is 8.46. The monoisotopic (exact) mass is 288 g/mol. The van der Waals surface area contributed by atoms with Crippen LogP contribution >= 0.6 is 0 Å². The molecule has 2 heterocycles. The second kappa shape index (κ2) is 6.80. The predicted octanol–water partition coefficient (Wildman–Crippen LogP) is 2.48. The second-order valence-corrected chi connectivity index (χ2v) is 6.54. The summed E-state index contributed by atoms with van der Waals surface area (Å²) in [4.78, 5) is 2.62. The van der Waals surface area contributed by atoms with Gasteiger partial charge in [0.25, 0.3) is 0 Å². The fraction of sp³-hybridized carbons (Fsp3) is 0.667. The summed E-state index contributed by atoms with van der Waals surface area (Å²) in [6.45, 7) is 10.2. The van der Waals surface area contributed by atoms with E-state index >= 15 is 0 Å². The van der Waals surface area contributed by atoms with Crippen LogP contribution in [-0.2, 0) is 12.8 Å². The summed E-state index contributed by atoms with van der Waals surface area (Å²) in [5, 5.41) is 3.67. The first kappa shape index (κ1) is 14.9. The lowest BCUT2D eigenvalue weighted by molar-refractivity contribution is 0.170. The van der Waals surface area contributed by atoms with Crippen LogP contribution in [0, 0.1) is 5.92 Å². The van der Waals surface area contributed by atoms with Crippen LogP contribution in [0.15, 0.2) is 18.2 Å². The number of nitrogens with one attached hydrogen (secondary N) is 1. The van der Waals surface area contributed by atoms with Crippen molar-refractivity contribution in [2.45, 2.75) is 39.2 Å². The highest BCUT2D eigenvalue weighted by Gasteiger charge is 2.22. The third-order valence-corrected chi connectivity index (χ3v) is 5.09. The molecule has 0 aromatic heterocycles. The zero-order chi connectivity index (χ0) is 14.7. The summed E-state index contributed by atoms with van der Waals surface area (Å²) < 4.78 is 5.58. The van der Waals surface area contributed by atoms with Crippen molar-refractivity contribution in [3.05, 3.63) is 29.3 Å². The van der Waals surface area contributed by atoms with E-state index in [1.165, 1.54) is 37.2 Å². The third-order valence-electron chi connectivity index (χ3n) is 5.09. The molecule has 3 rings (SSSR count). The number of benzene rings is 1. The van der Waals surface area contributed by atoms with Gasteiger partial charge in [-0.1, -0.05) is 32.4 Å². The average molecular weight is 288 g/mol. The largest absolute Gasteiger partial charge is 0.493 e. The molecule has 0 bridgehead atoms. The van der Waals surface area contributed by atoms with Crippen molar-refractivity contribution in [2.75, 3.05) is 32.8 Å². The highest BCUT2D eigenvalue weighted by atomic mass is 16.5. The highest BCUT2D eigenvalue weighted by Crippen LogP contribution is 2.26. The lowest BCUT2D eigenvalue weighted by Gasteiger charge is -2.36.